The number of hydrogen-bond donors (Lipinski definition) is 2. The van der Waals surface area contributed by atoms with E-state index >= 15 is 0 Å². The van der Waals surface area contributed by atoms with Gasteiger partial charge in [-0.25, -0.2) is 9.78 Å². The molecule has 1 amide bonds. The fraction of sp³-hybridized carbons (Fsp3) is 0.333. The predicted octanol–water partition coefficient (Wildman–Crippen LogP) is 0.948. The minimum absolute atomic E-state index is 0.0158. The van der Waals surface area contributed by atoms with Crippen LogP contribution in [0.2, 0.25) is 0 Å². The van der Waals surface area contributed by atoms with E-state index in [2.05, 4.69) is 15.5 Å². The summed E-state index contributed by atoms with van der Waals surface area (Å²) < 4.78 is 9.77. The number of methoxy groups -OCH3 is 1. The molecule has 0 saturated carbocycles. The van der Waals surface area contributed by atoms with Gasteiger partial charge in [0.2, 0.25) is 0 Å². The van der Waals surface area contributed by atoms with Gasteiger partial charge in [0.25, 0.3) is 5.91 Å². The summed E-state index contributed by atoms with van der Waals surface area (Å²) in [5.74, 6) is -0.959. The number of thiazole rings is 1. The molecule has 0 radical (unpaired) electrons. The van der Waals surface area contributed by atoms with Crippen molar-refractivity contribution < 1.29 is 24.0 Å². The van der Waals surface area contributed by atoms with Crippen LogP contribution in [0.3, 0.4) is 0 Å². The molecule has 2 rings (SSSR count). The number of carboxylic acids is 1. The van der Waals surface area contributed by atoms with E-state index in [-0.39, 0.29) is 23.9 Å². The lowest BCUT2D eigenvalue weighted by Gasteiger charge is -2.00. The summed E-state index contributed by atoms with van der Waals surface area (Å²) in [6.07, 6.45) is 0.451. The van der Waals surface area contributed by atoms with Crippen LogP contribution in [0.1, 0.15) is 31.7 Å². The van der Waals surface area contributed by atoms with E-state index in [1.165, 1.54) is 29.9 Å². The number of nitrogens with zero attached hydrogens (tertiary/aromatic N) is 2. The fourth-order valence-corrected chi connectivity index (χ4v) is 2.30. The van der Waals surface area contributed by atoms with E-state index in [0.717, 1.165) is 0 Å². The van der Waals surface area contributed by atoms with Gasteiger partial charge in [-0.3, -0.25) is 4.79 Å². The summed E-state index contributed by atoms with van der Waals surface area (Å²) in [6, 6.07) is 1.50. The molecule has 0 atom stereocenters. The van der Waals surface area contributed by atoms with Crippen molar-refractivity contribution in [1.29, 1.82) is 0 Å². The number of nitrogens with one attached hydrogen (secondary N) is 1. The third-order valence-corrected chi connectivity index (χ3v) is 3.38. The van der Waals surface area contributed by atoms with E-state index < -0.39 is 5.97 Å². The van der Waals surface area contributed by atoms with Gasteiger partial charge in [-0.05, 0) is 0 Å². The van der Waals surface area contributed by atoms with E-state index in [1.54, 1.807) is 0 Å². The number of carboxylic acid groups (broad SMARTS) is 1. The van der Waals surface area contributed by atoms with Crippen LogP contribution in [0, 0.1) is 0 Å². The average molecular weight is 311 g/mol. The van der Waals surface area contributed by atoms with Crippen molar-refractivity contribution in [3.05, 3.63) is 33.6 Å². The highest BCUT2D eigenvalue weighted by Gasteiger charge is 2.13. The Morgan fingerprint density at radius 3 is 2.95 bits per heavy atom. The zero-order valence-electron chi connectivity index (χ0n) is 11.2. The summed E-state index contributed by atoms with van der Waals surface area (Å²) in [5, 5.41) is 17.2. The lowest BCUT2D eigenvalue weighted by molar-refractivity contribution is 0.0690. The number of carbonyl (C=O) groups excluding carboxylic acids is 1. The standard InChI is InChI=1S/C12H13N3O5S/c1-19-5-7-4-8(15-20-7)11(16)13-3-2-10-14-9(6-21-10)12(17)18/h4,6H,2-3,5H2,1H3,(H,13,16)(H,17,18). The molecular weight excluding hydrogens is 298 g/mol. The van der Waals surface area contributed by atoms with Gasteiger partial charge in [0, 0.05) is 31.5 Å². The largest absolute Gasteiger partial charge is 0.476 e. The maximum Gasteiger partial charge on any atom is 0.355 e. The number of ether oxygens (including phenoxy) is 1. The maximum absolute atomic E-state index is 11.8. The molecule has 2 N–H and O–H groups in total. The van der Waals surface area contributed by atoms with Crippen molar-refractivity contribution in [2.45, 2.75) is 13.0 Å². The molecule has 2 aromatic rings. The quantitative estimate of drug-likeness (QED) is 0.782. The highest BCUT2D eigenvalue weighted by molar-refractivity contribution is 7.09. The minimum atomic E-state index is -1.06. The lowest BCUT2D eigenvalue weighted by atomic mass is 10.3. The number of hydrogen-bond acceptors (Lipinski definition) is 7. The van der Waals surface area contributed by atoms with Crippen molar-refractivity contribution in [3.63, 3.8) is 0 Å². The minimum Gasteiger partial charge on any atom is -0.476 e. The maximum atomic E-state index is 11.8. The number of carbonyl (C=O) groups is 2. The summed E-state index contributed by atoms with van der Waals surface area (Å²) in [7, 11) is 1.52. The smallest absolute Gasteiger partial charge is 0.355 e. The van der Waals surface area contributed by atoms with Gasteiger partial charge in [-0.2, -0.15) is 0 Å². The summed E-state index contributed by atoms with van der Waals surface area (Å²) in [5.41, 5.74) is 0.189. The van der Waals surface area contributed by atoms with Crippen LogP contribution in [-0.2, 0) is 17.8 Å². The van der Waals surface area contributed by atoms with Crippen LogP contribution < -0.4 is 5.32 Å². The van der Waals surface area contributed by atoms with Crippen molar-refractivity contribution in [2.75, 3.05) is 13.7 Å². The van der Waals surface area contributed by atoms with Gasteiger partial charge < -0.3 is 19.7 Å². The van der Waals surface area contributed by atoms with E-state index in [1.807, 2.05) is 0 Å². The Bertz CT molecular complexity index is 636. The first-order valence-corrected chi connectivity index (χ1v) is 6.88. The zero-order valence-corrected chi connectivity index (χ0v) is 12.0. The van der Waals surface area contributed by atoms with Gasteiger partial charge in [0.1, 0.15) is 6.61 Å². The number of rotatable bonds is 7. The van der Waals surface area contributed by atoms with E-state index in [0.29, 0.717) is 23.7 Å². The van der Waals surface area contributed by atoms with Gasteiger partial charge in [0.15, 0.2) is 17.1 Å². The molecule has 112 valence electrons. The number of aromatic carboxylic acids is 1. The van der Waals surface area contributed by atoms with Crippen LogP contribution in [0.5, 0.6) is 0 Å². The van der Waals surface area contributed by atoms with Gasteiger partial charge in [-0.1, -0.05) is 5.16 Å². The van der Waals surface area contributed by atoms with E-state index in [9.17, 15) is 9.59 Å². The number of amides is 1. The monoisotopic (exact) mass is 311 g/mol. The van der Waals surface area contributed by atoms with Gasteiger partial charge in [-0.15, -0.1) is 11.3 Å². The Morgan fingerprint density at radius 1 is 1.48 bits per heavy atom. The second kappa shape index (κ2) is 6.95. The predicted molar refractivity (Wildman–Crippen MR) is 72.3 cm³/mol. The average Bonchev–Trinajstić information content (AvgIpc) is 3.08. The second-order valence-corrected chi connectivity index (χ2v) is 4.99. The van der Waals surface area contributed by atoms with Gasteiger partial charge in [0.05, 0.1) is 5.01 Å². The lowest BCUT2D eigenvalue weighted by Crippen LogP contribution is -2.25. The third kappa shape index (κ3) is 4.10. The van der Waals surface area contributed by atoms with Crippen molar-refractivity contribution in [1.82, 2.24) is 15.5 Å². The molecule has 8 nitrogen and oxygen atoms in total. The molecule has 0 unspecified atom stereocenters. The van der Waals surface area contributed by atoms with Crippen molar-refractivity contribution >= 4 is 23.2 Å². The molecule has 0 saturated heterocycles. The van der Waals surface area contributed by atoms with Crippen LogP contribution in [0.15, 0.2) is 16.0 Å². The summed E-state index contributed by atoms with van der Waals surface area (Å²) >= 11 is 1.24. The van der Waals surface area contributed by atoms with Crippen LogP contribution >= 0.6 is 11.3 Å². The first kappa shape index (κ1) is 15.1. The molecule has 0 bridgehead atoms. The SMILES string of the molecule is COCc1cc(C(=O)NCCc2nc(C(=O)O)cs2)no1. The first-order chi connectivity index (χ1) is 10.1. The van der Waals surface area contributed by atoms with Crippen LogP contribution in [-0.4, -0.2) is 40.8 Å². The Balaban J connectivity index is 1.81. The number of aromatic nitrogens is 2. The Hall–Kier alpha value is -2.26. The van der Waals surface area contributed by atoms with Crippen LogP contribution in [0.25, 0.3) is 0 Å². The topological polar surface area (TPSA) is 115 Å². The molecule has 2 aromatic heterocycles. The highest BCUT2D eigenvalue weighted by atomic mass is 32.1. The zero-order chi connectivity index (χ0) is 15.2. The molecule has 21 heavy (non-hydrogen) atoms. The molecular formula is C12H13N3O5S. The van der Waals surface area contributed by atoms with Gasteiger partial charge >= 0.3 is 5.97 Å². The molecule has 0 spiro atoms. The van der Waals surface area contributed by atoms with Crippen LogP contribution in [0.4, 0.5) is 0 Å². The van der Waals surface area contributed by atoms with E-state index in [4.69, 9.17) is 14.4 Å². The Labute approximate surface area is 123 Å². The first-order valence-electron chi connectivity index (χ1n) is 6.00. The highest BCUT2D eigenvalue weighted by Crippen LogP contribution is 2.10. The van der Waals surface area contributed by atoms with Crippen molar-refractivity contribution in [2.24, 2.45) is 0 Å². The Kier molecular flexibility index (Phi) is 5.01. The third-order valence-electron chi connectivity index (χ3n) is 2.47. The molecule has 0 aliphatic carbocycles. The summed E-state index contributed by atoms with van der Waals surface area (Å²) in [4.78, 5) is 26.4. The molecule has 0 aliphatic heterocycles. The molecule has 2 heterocycles. The summed E-state index contributed by atoms with van der Waals surface area (Å²) in [6.45, 7) is 0.579. The fourth-order valence-electron chi connectivity index (χ4n) is 1.53. The van der Waals surface area contributed by atoms with Crippen molar-refractivity contribution in [3.8, 4) is 0 Å². The normalized spacial score (nSPS) is 10.5. The Morgan fingerprint density at radius 2 is 2.29 bits per heavy atom. The second-order valence-electron chi connectivity index (χ2n) is 4.05. The molecule has 0 aromatic carbocycles. The molecule has 0 aliphatic rings. The molecule has 0 fully saturated rings. The molecule has 9 heteroatoms.